The summed E-state index contributed by atoms with van der Waals surface area (Å²) in [5.41, 5.74) is 4.48. The van der Waals surface area contributed by atoms with Crippen LogP contribution in [0.2, 0.25) is 0 Å². The lowest BCUT2D eigenvalue weighted by atomic mass is 9.98. The van der Waals surface area contributed by atoms with Gasteiger partial charge < -0.3 is 4.90 Å². The van der Waals surface area contributed by atoms with Crippen molar-refractivity contribution in [2.45, 2.75) is 57.2 Å². The van der Waals surface area contributed by atoms with Crippen LogP contribution in [0.1, 0.15) is 42.4 Å². The lowest BCUT2D eigenvalue weighted by molar-refractivity contribution is 0.133. The van der Waals surface area contributed by atoms with Gasteiger partial charge in [0.2, 0.25) is 0 Å². The Kier molecular flexibility index (Phi) is 6.14. The van der Waals surface area contributed by atoms with Crippen LogP contribution in [0.5, 0.6) is 0 Å². The molecular formula is C26H31N3S. The molecule has 1 saturated heterocycles. The maximum atomic E-state index is 4.71. The van der Waals surface area contributed by atoms with E-state index in [1.165, 1.54) is 54.0 Å². The van der Waals surface area contributed by atoms with E-state index in [0.717, 1.165) is 25.9 Å². The van der Waals surface area contributed by atoms with Gasteiger partial charge in [-0.1, -0.05) is 61.0 Å². The lowest BCUT2D eigenvalue weighted by Gasteiger charge is -2.38. The molecule has 1 aromatic heterocycles. The normalized spacial score (nSPS) is 19.7. The zero-order chi connectivity index (χ0) is 20.2. The van der Waals surface area contributed by atoms with Crippen molar-refractivity contribution < 1.29 is 0 Å². The van der Waals surface area contributed by atoms with Crippen molar-refractivity contribution in [3.05, 3.63) is 82.9 Å². The predicted octanol–water partition coefficient (Wildman–Crippen LogP) is 5.56. The SMILES string of the molecule is c1ccc(CN2CCCCC2CCN(c2nccs2)C2Cc3ccccc3C2)cc1. The highest BCUT2D eigenvalue weighted by atomic mass is 32.1. The molecule has 156 valence electrons. The van der Waals surface area contributed by atoms with Gasteiger partial charge in [0.25, 0.3) is 0 Å². The van der Waals surface area contributed by atoms with Gasteiger partial charge in [-0.2, -0.15) is 0 Å². The molecule has 1 fully saturated rings. The highest BCUT2D eigenvalue weighted by Crippen LogP contribution is 2.31. The van der Waals surface area contributed by atoms with Crippen LogP contribution >= 0.6 is 11.3 Å². The number of thiazole rings is 1. The lowest BCUT2D eigenvalue weighted by Crippen LogP contribution is -2.43. The number of hydrogen-bond acceptors (Lipinski definition) is 4. The zero-order valence-corrected chi connectivity index (χ0v) is 18.4. The minimum atomic E-state index is 0.541. The van der Waals surface area contributed by atoms with Gasteiger partial charge in [0, 0.05) is 36.8 Å². The zero-order valence-electron chi connectivity index (χ0n) is 17.6. The van der Waals surface area contributed by atoms with Crippen LogP contribution in [0.25, 0.3) is 0 Å². The second-order valence-corrected chi connectivity index (χ2v) is 9.61. The summed E-state index contributed by atoms with van der Waals surface area (Å²) in [6.45, 7) is 3.41. The number of anilines is 1. The Balaban J connectivity index is 1.28. The molecule has 1 unspecified atom stereocenters. The molecule has 0 bridgehead atoms. The van der Waals surface area contributed by atoms with Crippen LogP contribution in [0.4, 0.5) is 5.13 Å². The van der Waals surface area contributed by atoms with E-state index in [0.29, 0.717) is 12.1 Å². The Labute approximate surface area is 184 Å². The first-order chi connectivity index (χ1) is 14.9. The van der Waals surface area contributed by atoms with Crippen LogP contribution in [-0.4, -0.2) is 35.1 Å². The Hall–Kier alpha value is -2.17. The number of rotatable bonds is 7. The minimum absolute atomic E-state index is 0.541. The predicted molar refractivity (Wildman–Crippen MR) is 126 cm³/mol. The molecular weight excluding hydrogens is 386 g/mol. The maximum Gasteiger partial charge on any atom is 0.185 e. The first kappa shape index (κ1) is 19.8. The monoisotopic (exact) mass is 417 g/mol. The molecule has 3 nitrogen and oxygen atoms in total. The molecule has 4 heteroatoms. The number of likely N-dealkylation sites (tertiary alicyclic amines) is 1. The van der Waals surface area contributed by atoms with Crippen LogP contribution in [0, 0.1) is 0 Å². The molecule has 1 atom stereocenters. The van der Waals surface area contributed by atoms with Crippen molar-refractivity contribution in [2.24, 2.45) is 0 Å². The minimum Gasteiger partial charge on any atom is -0.344 e. The van der Waals surface area contributed by atoms with Gasteiger partial charge in [-0.3, -0.25) is 4.90 Å². The average molecular weight is 418 g/mol. The Morgan fingerprint density at radius 2 is 1.73 bits per heavy atom. The van der Waals surface area contributed by atoms with Gasteiger partial charge in [0.1, 0.15) is 0 Å². The molecule has 0 spiro atoms. The summed E-state index contributed by atoms with van der Waals surface area (Å²) in [5, 5.41) is 3.31. The van der Waals surface area contributed by atoms with Gasteiger partial charge in [0.05, 0.1) is 0 Å². The van der Waals surface area contributed by atoms with E-state index in [9.17, 15) is 0 Å². The van der Waals surface area contributed by atoms with Gasteiger partial charge >= 0.3 is 0 Å². The first-order valence-corrected chi connectivity index (χ1v) is 12.3. The molecule has 1 aliphatic carbocycles. The van der Waals surface area contributed by atoms with Crippen molar-refractivity contribution in [1.29, 1.82) is 0 Å². The summed E-state index contributed by atoms with van der Waals surface area (Å²) in [4.78, 5) is 10.0. The molecule has 0 N–H and O–H groups in total. The second-order valence-electron chi connectivity index (χ2n) is 8.73. The summed E-state index contributed by atoms with van der Waals surface area (Å²) >= 11 is 1.79. The number of aromatic nitrogens is 1. The second kappa shape index (κ2) is 9.32. The van der Waals surface area contributed by atoms with Crippen LogP contribution in [-0.2, 0) is 19.4 Å². The van der Waals surface area contributed by atoms with Gasteiger partial charge in [-0.15, -0.1) is 11.3 Å². The van der Waals surface area contributed by atoms with Gasteiger partial charge in [-0.25, -0.2) is 4.98 Å². The third kappa shape index (κ3) is 4.45. The smallest absolute Gasteiger partial charge is 0.185 e. The number of piperidine rings is 1. The van der Waals surface area contributed by atoms with Crippen LogP contribution < -0.4 is 4.90 Å². The molecule has 2 heterocycles. The fraction of sp³-hybridized carbons (Fsp3) is 0.423. The number of fused-ring (bicyclic) bond motifs is 1. The van der Waals surface area contributed by atoms with Crippen molar-refractivity contribution in [1.82, 2.24) is 9.88 Å². The van der Waals surface area contributed by atoms with Crippen molar-refractivity contribution >= 4 is 16.5 Å². The fourth-order valence-electron chi connectivity index (χ4n) is 5.25. The number of nitrogens with zero attached hydrogens (tertiary/aromatic N) is 3. The Morgan fingerprint density at radius 3 is 2.47 bits per heavy atom. The Morgan fingerprint density at radius 1 is 0.967 bits per heavy atom. The quantitative estimate of drug-likeness (QED) is 0.501. The third-order valence-corrected chi connectivity index (χ3v) is 7.62. The molecule has 5 rings (SSSR count). The number of hydrogen-bond donors (Lipinski definition) is 0. The molecule has 0 radical (unpaired) electrons. The summed E-state index contributed by atoms with van der Waals surface area (Å²) in [6, 6.07) is 21.2. The molecule has 30 heavy (non-hydrogen) atoms. The van der Waals surface area contributed by atoms with Gasteiger partial charge in [0.15, 0.2) is 5.13 Å². The topological polar surface area (TPSA) is 19.4 Å². The van der Waals surface area contributed by atoms with Gasteiger partial charge in [-0.05, 0) is 55.3 Å². The van der Waals surface area contributed by atoms with E-state index < -0.39 is 0 Å². The molecule has 2 aliphatic rings. The van der Waals surface area contributed by atoms with Crippen molar-refractivity contribution in [3.8, 4) is 0 Å². The summed E-state index contributed by atoms with van der Waals surface area (Å²) in [5.74, 6) is 0. The van der Waals surface area contributed by atoms with Crippen molar-refractivity contribution in [2.75, 3.05) is 18.0 Å². The van der Waals surface area contributed by atoms with Crippen molar-refractivity contribution in [3.63, 3.8) is 0 Å². The van der Waals surface area contributed by atoms with E-state index in [-0.39, 0.29) is 0 Å². The van der Waals surface area contributed by atoms with E-state index in [1.54, 1.807) is 11.3 Å². The summed E-state index contributed by atoms with van der Waals surface area (Å²) in [6.07, 6.45) is 9.49. The molecule has 3 aromatic rings. The summed E-state index contributed by atoms with van der Waals surface area (Å²) < 4.78 is 0. The maximum absolute atomic E-state index is 4.71. The highest BCUT2D eigenvalue weighted by Gasteiger charge is 2.30. The fourth-order valence-corrected chi connectivity index (χ4v) is 5.99. The number of benzene rings is 2. The standard InChI is InChI=1S/C26H31N3S/c1-2-8-21(9-3-1)20-28-15-7-6-12-24(28)13-16-29(26-27-14-17-30-26)25-18-22-10-4-5-11-23(22)19-25/h1-5,8-11,14,17,24-25H,6-7,12-13,15-16,18-20H2. The molecule has 2 aromatic carbocycles. The first-order valence-electron chi connectivity index (χ1n) is 11.4. The molecule has 0 saturated carbocycles. The van der Waals surface area contributed by atoms with Crippen LogP contribution in [0.15, 0.2) is 66.2 Å². The van der Waals surface area contributed by atoms with E-state index in [1.807, 2.05) is 6.20 Å². The van der Waals surface area contributed by atoms with Crippen LogP contribution in [0.3, 0.4) is 0 Å². The molecule has 1 aliphatic heterocycles. The Bertz CT molecular complexity index is 899. The average Bonchev–Trinajstić information content (AvgIpc) is 3.46. The largest absolute Gasteiger partial charge is 0.344 e. The van der Waals surface area contributed by atoms with E-state index >= 15 is 0 Å². The third-order valence-electron chi connectivity index (χ3n) is 6.82. The van der Waals surface area contributed by atoms with E-state index in [2.05, 4.69) is 69.8 Å². The van der Waals surface area contributed by atoms with E-state index in [4.69, 9.17) is 4.98 Å². The summed E-state index contributed by atoms with van der Waals surface area (Å²) in [7, 11) is 0. The highest BCUT2D eigenvalue weighted by molar-refractivity contribution is 7.13. The molecule has 0 amide bonds.